The number of pyridine rings is 1. The first-order chi connectivity index (χ1) is 11.2. The maximum Gasteiger partial charge on any atom is 0.258 e. The lowest BCUT2D eigenvalue weighted by Gasteiger charge is -2.19. The van der Waals surface area contributed by atoms with Crippen molar-refractivity contribution in [3.8, 4) is 0 Å². The summed E-state index contributed by atoms with van der Waals surface area (Å²) in [6.07, 6.45) is 5.40. The van der Waals surface area contributed by atoms with Crippen LogP contribution in [0.5, 0.6) is 0 Å². The SMILES string of the molecule is CCN(CC)CCCC(C)NCc1nccc2c(=O)[nH]cnc12. The van der Waals surface area contributed by atoms with Gasteiger partial charge < -0.3 is 15.2 Å². The van der Waals surface area contributed by atoms with Gasteiger partial charge in [0.15, 0.2) is 0 Å². The molecule has 0 radical (unpaired) electrons. The van der Waals surface area contributed by atoms with Gasteiger partial charge in [-0.05, 0) is 45.5 Å². The van der Waals surface area contributed by atoms with Crippen molar-refractivity contribution in [2.45, 2.75) is 46.2 Å². The third kappa shape index (κ3) is 4.84. The lowest BCUT2D eigenvalue weighted by atomic mass is 10.1. The zero-order chi connectivity index (χ0) is 16.7. The van der Waals surface area contributed by atoms with Gasteiger partial charge in [-0.15, -0.1) is 0 Å². The Kier molecular flexibility index (Phi) is 6.67. The van der Waals surface area contributed by atoms with Crippen molar-refractivity contribution >= 4 is 10.9 Å². The Morgan fingerprint density at radius 1 is 1.30 bits per heavy atom. The van der Waals surface area contributed by atoms with Crippen LogP contribution in [-0.2, 0) is 6.54 Å². The van der Waals surface area contributed by atoms with Gasteiger partial charge in [0, 0.05) is 18.8 Å². The lowest BCUT2D eigenvalue weighted by Crippen LogP contribution is -2.29. The highest BCUT2D eigenvalue weighted by atomic mass is 16.1. The Labute approximate surface area is 137 Å². The van der Waals surface area contributed by atoms with E-state index in [0.717, 1.165) is 31.7 Å². The van der Waals surface area contributed by atoms with Crippen molar-refractivity contribution in [3.63, 3.8) is 0 Å². The van der Waals surface area contributed by atoms with E-state index < -0.39 is 0 Å². The van der Waals surface area contributed by atoms with Gasteiger partial charge in [-0.1, -0.05) is 13.8 Å². The predicted molar refractivity (Wildman–Crippen MR) is 93.5 cm³/mol. The number of aromatic amines is 1. The quantitative estimate of drug-likeness (QED) is 0.739. The van der Waals surface area contributed by atoms with E-state index in [4.69, 9.17) is 0 Å². The van der Waals surface area contributed by atoms with Crippen LogP contribution in [0.1, 0.15) is 39.3 Å². The summed E-state index contributed by atoms with van der Waals surface area (Å²) in [6.45, 7) is 10.6. The third-order valence-corrected chi connectivity index (χ3v) is 4.26. The molecule has 6 nitrogen and oxygen atoms in total. The minimum atomic E-state index is -0.120. The Hall–Kier alpha value is -1.79. The van der Waals surface area contributed by atoms with Crippen molar-refractivity contribution in [3.05, 3.63) is 34.6 Å². The standard InChI is InChI=1S/C17H27N5O/c1-4-22(5-2)10-6-7-13(3)19-11-15-16-14(8-9-18-15)17(23)21-12-20-16/h8-9,12-13,19H,4-7,10-11H2,1-3H3,(H,20,21,23). The molecule has 6 heteroatoms. The molecule has 0 fully saturated rings. The van der Waals surface area contributed by atoms with Crippen LogP contribution < -0.4 is 10.9 Å². The van der Waals surface area contributed by atoms with E-state index in [9.17, 15) is 4.79 Å². The first kappa shape index (κ1) is 17.6. The molecule has 0 aliphatic heterocycles. The summed E-state index contributed by atoms with van der Waals surface area (Å²) in [5.41, 5.74) is 1.38. The first-order valence-electron chi connectivity index (χ1n) is 8.42. The number of aromatic nitrogens is 3. The molecule has 0 amide bonds. The maximum absolute atomic E-state index is 11.8. The van der Waals surface area contributed by atoms with Gasteiger partial charge >= 0.3 is 0 Å². The summed E-state index contributed by atoms with van der Waals surface area (Å²) in [7, 11) is 0. The second kappa shape index (κ2) is 8.74. The fourth-order valence-corrected chi connectivity index (χ4v) is 2.72. The molecule has 0 aliphatic rings. The molecule has 2 N–H and O–H groups in total. The zero-order valence-electron chi connectivity index (χ0n) is 14.3. The van der Waals surface area contributed by atoms with Gasteiger partial charge in [0.1, 0.15) is 5.52 Å². The van der Waals surface area contributed by atoms with Crippen molar-refractivity contribution < 1.29 is 0 Å². The molecule has 0 aromatic carbocycles. The molecule has 0 aliphatic carbocycles. The van der Waals surface area contributed by atoms with Crippen molar-refractivity contribution in [1.29, 1.82) is 0 Å². The zero-order valence-corrected chi connectivity index (χ0v) is 14.3. The minimum absolute atomic E-state index is 0.120. The Bertz CT molecular complexity index is 665. The number of hydrogen-bond donors (Lipinski definition) is 2. The summed E-state index contributed by atoms with van der Waals surface area (Å²) in [5.74, 6) is 0. The van der Waals surface area contributed by atoms with Crippen LogP contribution >= 0.6 is 0 Å². The van der Waals surface area contributed by atoms with Crippen molar-refractivity contribution in [2.24, 2.45) is 0 Å². The van der Waals surface area contributed by atoms with Crippen LogP contribution in [0.2, 0.25) is 0 Å². The Balaban J connectivity index is 1.89. The van der Waals surface area contributed by atoms with Crippen LogP contribution in [0.25, 0.3) is 10.9 Å². The molecule has 2 heterocycles. The van der Waals surface area contributed by atoms with Crippen LogP contribution in [0.3, 0.4) is 0 Å². The van der Waals surface area contributed by atoms with Gasteiger partial charge in [-0.25, -0.2) is 4.98 Å². The summed E-state index contributed by atoms with van der Waals surface area (Å²) in [5, 5.41) is 4.08. The first-order valence-corrected chi connectivity index (χ1v) is 8.42. The number of nitrogens with one attached hydrogen (secondary N) is 2. The smallest absolute Gasteiger partial charge is 0.258 e. The monoisotopic (exact) mass is 317 g/mol. The second-order valence-corrected chi connectivity index (χ2v) is 5.84. The average Bonchev–Trinajstić information content (AvgIpc) is 2.57. The van der Waals surface area contributed by atoms with E-state index in [2.05, 4.69) is 45.9 Å². The molecular weight excluding hydrogens is 290 g/mol. The number of hydrogen-bond acceptors (Lipinski definition) is 5. The van der Waals surface area contributed by atoms with Gasteiger partial charge in [0.2, 0.25) is 0 Å². The highest BCUT2D eigenvalue weighted by Crippen LogP contribution is 2.10. The maximum atomic E-state index is 11.8. The fourth-order valence-electron chi connectivity index (χ4n) is 2.72. The molecule has 0 spiro atoms. The molecule has 0 bridgehead atoms. The van der Waals surface area contributed by atoms with Gasteiger partial charge in [-0.3, -0.25) is 9.78 Å². The normalized spacial score (nSPS) is 12.9. The molecule has 1 atom stereocenters. The van der Waals surface area contributed by atoms with Gasteiger partial charge in [0.25, 0.3) is 5.56 Å². The van der Waals surface area contributed by atoms with Crippen molar-refractivity contribution in [2.75, 3.05) is 19.6 Å². The molecule has 2 aromatic rings. The third-order valence-electron chi connectivity index (χ3n) is 4.26. The van der Waals surface area contributed by atoms with E-state index in [-0.39, 0.29) is 5.56 Å². The number of fused-ring (bicyclic) bond motifs is 1. The van der Waals surface area contributed by atoms with E-state index in [0.29, 0.717) is 23.5 Å². The molecule has 1 unspecified atom stereocenters. The van der Waals surface area contributed by atoms with Crippen LogP contribution in [0.15, 0.2) is 23.4 Å². The largest absolute Gasteiger partial charge is 0.313 e. The van der Waals surface area contributed by atoms with Crippen molar-refractivity contribution in [1.82, 2.24) is 25.2 Å². The lowest BCUT2D eigenvalue weighted by molar-refractivity contribution is 0.290. The summed E-state index contributed by atoms with van der Waals surface area (Å²) in [4.78, 5) is 25.5. The molecule has 0 saturated carbocycles. The van der Waals surface area contributed by atoms with E-state index in [1.54, 1.807) is 12.3 Å². The van der Waals surface area contributed by atoms with E-state index >= 15 is 0 Å². The number of nitrogens with zero attached hydrogens (tertiary/aromatic N) is 3. The van der Waals surface area contributed by atoms with Crippen LogP contribution in [0, 0.1) is 0 Å². The summed E-state index contributed by atoms with van der Waals surface area (Å²) < 4.78 is 0. The number of rotatable bonds is 9. The molecule has 126 valence electrons. The summed E-state index contributed by atoms with van der Waals surface area (Å²) >= 11 is 0. The molecule has 23 heavy (non-hydrogen) atoms. The van der Waals surface area contributed by atoms with Gasteiger partial charge in [0.05, 0.1) is 17.4 Å². The highest BCUT2D eigenvalue weighted by molar-refractivity contribution is 5.78. The molecule has 2 aromatic heterocycles. The molecular formula is C17H27N5O. The van der Waals surface area contributed by atoms with E-state index in [1.807, 2.05) is 0 Å². The predicted octanol–water partition coefficient (Wildman–Crippen LogP) is 1.92. The fraction of sp³-hybridized carbons (Fsp3) is 0.588. The Morgan fingerprint density at radius 2 is 2.09 bits per heavy atom. The average molecular weight is 317 g/mol. The Morgan fingerprint density at radius 3 is 2.83 bits per heavy atom. The molecule has 2 rings (SSSR count). The molecule has 0 saturated heterocycles. The van der Waals surface area contributed by atoms with Crippen LogP contribution in [0.4, 0.5) is 0 Å². The van der Waals surface area contributed by atoms with E-state index in [1.165, 1.54) is 12.7 Å². The number of H-pyrrole nitrogens is 1. The second-order valence-electron chi connectivity index (χ2n) is 5.84. The topological polar surface area (TPSA) is 73.9 Å². The minimum Gasteiger partial charge on any atom is -0.313 e. The van der Waals surface area contributed by atoms with Gasteiger partial charge in [-0.2, -0.15) is 0 Å². The highest BCUT2D eigenvalue weighted by Gasteiger charge is 2.08. The summed E-state index contributed by atoms with van der Waals surface area (Å²) in [6, 6.07) is 2.11. The van der Waals surface area contributed by atoms with Crippen LogP contribution in [-0.4, -0.2) is 45.5 Å².